The molecule has 36 heavy (non-hydrogen) atoms. The molecule has 0 amide bonds. The minimum Gasteiger partial charge on any atom is -0.0649 e. The van der Waals surface area contributed by atoms with Crippen LogP contribution in [-0.2, 0) is 10.8 Å². The van der Waals surface area contributed by atoms with E-state index in [1.54, 1.807) is 22.3 Å². The second-order valence-corrected chi connectivity index (χ2v) is 14.4. The molecule has 0 bridgehead atoms. The molecule has 186 valence electrons. The lowest BCUT2D eigenvalue weighted by molar-refractivity contribution is 0.0398. The molecule has 0 aliphatic heterocycles. The van der Waals surface area contributed by atoms with Crippen LogP contribution >= 0.6 is 31.9 Å². The largest absolute Gasteiger partial charge is 0.0649 e. The molecule has 0 heterocycles. The van der Waals surface area contributed by atoms with Crippen molar-refractivity contribution >= 4 is 31.9 Å². The van der Waals surface area contributed by atoms with Crippen LogP contribution in [0.1, 0.15) is 101 Å². The highest BCUT2D eigenvalue weighted by atomic mass is 79.9. The fourth-order valence-electron chi connectivity index (χ4n) is 9.14. The van der Waals surface area contributed by atoms with E-state index < -0.39 is 0 Å². The van der Waals surface area contributed by atoms with E-state index in [9.17, 15) is 0 Å². The third-order valence-corrected chi connectivity index (χ3v) is 12.5. The average molecular weight is 604 g/mol. The summed E-state index contributed by atoms with van der Waals surface area (Å²) in [4.78, 5) is 0. The Hall–Kier alpha value is -1.38. The average Bonchev–Trinajstić information content (AvgIpc) is 3.26. The molecule has 0 aromatic heterocycles. The van der Waals surface area contributed by atoms with E-state index in [0.29, 0.717) is 10.8 Å². The molecule has 0 saturated heterocycles. The van der Waals surface area contributed by atoms with Gasteiger partial charge >= 0.3 is 0 Å². The van der Waals surface area contributed by atoms with Gasteiger partial charge in [-0.25, -0.2) is 0 Å². The van der Waals surface area contributed by atoms with Crippen molar-refractivity contribution in [3.8, 4) is 22.3 Å². The van der Waals surface area contributed by atoms with Gasteiger partial charge in [0.2, 0.25) is 0 Å². The lowest BCUT2D eigenvalue weighted by Gasteiger charge is -2.56. The van der Waals surface area contributed by atoms with Crippen molar-refractivity contribution in [3.63, 3.8) is 0 Å². The Morgan fingerprint density at radius 2 is 0.833 bits per heavy atom. The van der Waals surface area contributed by atoms with Crippen LogP contribution < -0.4 is 0 Å². The van der Waals surface area contributed by atoms with Gasteiger partial charge in [-0.2, -0.15) is 0 Å². The summed E-state index contributed by atoms with van der Waals surface area (Å²) in [5.41, 5.74) is 13.7. The molecule has 2 saturated carbocycles. The van der Waals surface area contributed by atoms with Gasteiger partial charge in [0.25, 0.3) is 0 Å². The molecule has 7 rings (SSSR count). The van der Waals surface area contributed by atoms with Gasteiger partial charge in [-0.15, -0.1) is 0 Å². The first kappa shape index (κ1) is 23.7. The van der Waals surface area contributed by atoms with Crippen LogP contribution in [0.15, 0.2) is 57.5 Å². The second-order valence-electron chi connectivity index (χ2n) is 12.6. The fraction of sp³-hybridized carbons (Fsp3) is 0.471. The summed E-state index contributed by atoms with van der Waals surface area (Å²) < 4.78 is 2.43. The Labute approximate surface area is 233 Å². The van der Waals surface area contributed by atoms with Gasteiger partial charge in [0.15, 0.2) is 0 Å². The molecule has 2 fully saturated rings. The first-order chi connectivity index (χ1) is 17.3. The molecule has 4 aliphatic rings. The molecular weight excluding hydrogens is 568 g/mol. The smallest absolute Gasteiger partial charge is 0.0226 e. The lowest BCUT2D eigenvalue weighted by atomic mass is 9.47. The van der Waals surface area contributed by atoms with Gasteiger partial charge in [-0.05, 0) is 117 Å². The highest BCUT2D eigenvalue weighted by Crippen LogP contribution is 2.72. The maximum absolute atomic E-state index is 3.82. The van der Waals surface area contributed by atoms with E-state index in [1.165, 1.54) is 82.6 Å². The third kappa shape index (κ3) is 2.76. The second kappa shape index (κ2) is 7.60. The van der Waals surface area contributed by atoms with Gasteiger partial charge in [-0.1, -0.05) is 97.4 Å². The Morgan fingerprint density at radius 3 is 1.17 bits per heavy atom. The molecule has 3 aromatic rings. The standard InChI is InChI=1S/C34H36Br2/c1-5-31(6-2)17-33(18-31)27-13-21(35)9-11-23(27)25-16-30-26(15-29(25)33)24-12-10-22(36)14-28(24)34(30)19-32(7-3,8-4)20-34/h9-16H,5-8,17-20H2,1-4H3. The maximum Gasteiger partial charge on any atom is 0.0226 e. The Bertz CT molecular complexity index is 1290. The van der Waals surface area contributed by atoms with Crippen LogP contribution in [-0.4, -0.2) is 0 Å². The van der Waals surface area contributed by atoms with E-state index in [-0.39, 0.29) is 10.8 Å². The topological polar surface area (TPSA) is 0 Å². The van der Waals surface area contributed by atoms with Crippen LogP contribution in [0, 0.1) is 10.8 Å². The van der Waals surface area contributed by atoms with Gasteiger partial charge < -0.3 is 0 Å². The van der Waals surface area contributed by atoms with Crippen molar-refractivity contribution in [2.24, 2.45) is 10.8 Å². The number of halogens is 2. The lowest BCUT2D eigenvalue weighted by Crippen LogP contribution is -2.49. The van der Waals surface area contributed by atoms with Crippen molar-refractivity contribution < 1.29 is 0 Å². The molecule has 0 radical (unpaired) electrons. The Kier molecular flexibility index (Phi) is 5.01. The number of hydrogen-bond acceptors (Lipinski definition) is 0. The number of benzene rings is 3. The summed E-state index contributed by atoms with van der Waals surface area (Å²) in [6.45, 7) is 9.61. The van der Waals surface area contributed by atoms with E-state index in [1.807, 2.05) is 0 Å². The maximum atomic E-state index is 3.82. The van der Waals surface area contributed by atoms with E-state index in [2.05, 4.69) is 108 Å². The van der Waals surface area contributed by atoms with Crippen LogP contribution in [0.25, 0.3) is 22.3 Å². The van der Waals surface area contributed by atoms with Crippen molar-refractivity contribution in [3.05, 3.63) is 79.7 Å². The first-order valence-electron chi connectivity index (χ1n) is 14.1. The molecule has 2 spiro atoms. The van der Waals surface area contributed by atoms with Crippen LogP contribution in [0.4, 0.5) is 0 Å². The summed E-state index contributed by atoms with van der Waals surface area (Å²) in [7, 11) is 0. The van der Waals surface area contributed by atoms with Crippen molar-refractivity contribution in [2.45, 2.75) is 89.9 Å². The molecule has 4 aliphatic carbocycles. The van der Waals surface area contributed by atoms with E-state index in [4.69, 9.17) is 0 Å². The molecule has 0 atom stereocenters. The SMILES string of the molecule is CCC1(CC)CC2(C1)c1cc(Br)ccc1-c1cc3c(cc12)-c1ccc(Br)cc1C31CC(CC)(CC)C1. The predicted molar refractivity (Wildman–Crippen MR) is 159 cm³/mol. The van der Waals surface area contributed by atoms with Gasteiger partial charge in [0, 0.05) is 19.8 Å². The van der Waals surface area contributed by atoms with Gasteiger partial charge in [-0.3, -0.25) is 0 Å². The Balaban J connectivity index is 1.46. The zero-order valence-corrected chi connectivity index (χ0v) is 25.2. The summed E-state index contributed by atoms with van der Waals surface area (Å²) >= 11 is 7.64. The molecule has 0 N–H and O–H groups in total. The quantitative estimate of drug-likeness (QED) is 0.278. The first-order valence-corrected chi connectivity index (χ1v) is 15.7. The van der Waals surface area contributed by atoms with Crippen LogP contribution in [0.2, 0.25) is 0 Å². The highest BCUT2D eigenvalue weighted by molar-refractivity contribution is 9.10. The Morgan fingerprint density at radius 1 is 0.500 bits per heavy atom. The predicted octanol–water partition coefficient (Wildman–Crippen LogP) is 10.9. The van der Waals surface area contributed by atoms with Crippen molar-refractivity contribution in [1.29, 1.82) is 0 Å². The molecule has 2 heteroatoms. The van der Waals surface area contributed by atoms with Gasteiger partial charge in [0.1, 0.15) is 0 Å². The molecule has 3 aromatic carbocycles. The number of fused-ring (bicyclic) bond motifs is 10. The summed E-state index contributed by atoms with van der Waals surface area (Å²) in [5, 5.41) is 0. The van der Waals surface area contributed by atoms with E-state index in [0.717, 1.165) is 0 Å². The summed E-state index contributed by atoms with van der Waals surface area (Å²) in [5.74, 6) is 0. The van der Waals surface area contributed by atoms with Crippen LogP contribution in [0.3, 0.4) is 0 Å². The van der Waals surface area contributed by atoms with Crippen LogP contribution in [0.5, 0.6) is 0 Å². The van der Waals surface area contributed by atoms with Crippen molar-refractivity contribution in [1.82, 2.24) is 0 Å². The summed E-state index contributed by atoms with van der Waals surface area (Å²) in [6.07, 6.45) is 10.3. The van der Waals surface area contributed by atoms with Crippen molar-refractivity contribution in [2.75, 3.05) is 0 Å². The fourth-order valence-corrected chi connectivity index (χ4v) is 9.86. The normalized spacial score (nSPS) is 21.9. The monoisotopic (exact) mass is 602 g/mol. The van der Waals surface area contributed by atoms with E-state index >= 15 is 0 Å². The van der Waals surface area contributed by atoms with Gasteiger partial charge in [0.05, 0.1) is 0 Å². The minimum atomic E-state index is 0.178. The number of hydrogen-bond donors (Lipinski definition) is 0. The molecule has 0 unspecified atom stereocenters. The zero-order valence-electron chi connectivity index (χ0n) is 22.0. The highest BCUT2D eigenvalue weighted by Gasteiger charge is 2.61. The molecule has 0 nitrogen and oxygen atoms in total. The summed E-state index contributed by atoms with van der Waals surface area (Å²) in [6, 6.07) is 19.5. The minimum absolute atomic E-state index is 0.178. The zero-order chi connectivity index (χ0) is 25.1. The molecular formula is C34H36Br2. The number of rotatable bonds is 4. The third-order valence-electron chi connectivity index (χ3n) is 11.5.